The summed E-state index contributed by atoms with van der Waals surface area (Å²) < 4.78 is 5.56. The van der Waals surface area contributed by atoms with Crippen LogP contribution in [0, 0.1) is 0 Å². The highest BCUT2D eigenvalue weighted by molar-refractivity contribution is 5.50. The van der Waals surface area contributed by atoms with E-state index in [0.717, 1.165) is 30.0 Å². The molecule has 0 unspecified atom stereocenters. The molecule has 2 N–H and O–H groups in total. The molecular weight excluding hydrogens is 264 g/mol. The first-order valence-electron chi connectivity index (χ1n) is 7.27. The monoisotopic (exact) mass is 286 g/mol. The van der Waals surface area contributed by atoms with Gasteiger partial charge in [-0.05, 0) is 25.0 Å². The lowest BCUT2D eigenvalue weighted by Crippen LogP contribution is -2.23. The summed E-state index contributed by atoms with van der Waals surface area (Å²) >= 11 is 0. The minimum absolute atomic E-state index is 0.612. The quantitative estimate of drug-likeness (QED) is 0.793. The summed E-state index contributed by atoms with van der Waals surface area (Å²) in [6.07, 6.45) is 2.49. The van der Waals surface area contributed by atoms with Crippen LogP contribution in [0.15, 0.2) is 36.7 Å². The van der Waals surface area contributed by atoms with Crippen LogP contribution < -0.4 is 15.4 Å². The third kappa shape index (κ3) is 4.08. The molecule has 0 aliphatic heterocycles. The van der Waals surface area contributed by atoms with Gasteiger partial charge in [0, 0.05) is 24.8 Å². The second-order valence-corrected chi connectivity index (χ2v) is 4.78. The van der Waals surface area contributed by atoms with Gasteiger partial charge in [-0.25, -0.2) is 9.97 Å². The number of nitrogen functional groups attached to an aromatic ring is 1. The number of benzene rings is 1. The van der Waals surface area contributed by atoms with Gasteiger partial charge in [0.15, 0.2) is 0 Å². The number of nitrogens with two attached hydrogens (primary N) is 1. The topological polar surface area (TPSA) is 64.3 Å². The van der Waals surface area contributed by atoms with E-state index in [4.69, 9.17) is 10.5 Å². The van der Waals surface area contributed by atoms with Crippen molar-refractivity contribution < 1.29 is 4.74 Å². The smallest absolute Gasteiger partial charge is 0.218 e. The summed E-state index contributed by atoms with van der Waals surface area (Å²) in [5, 5.41) is 0. The molecule has 0 radical (unpaired) electrons. The van der Waals surface area contributed by atoms with Crippen molar-refractivity contribution in [1.82, 2.24) is 9.97 Å². The zero-order valence-corrected chi connectivity index (χ0v) is 12.6. The SMILES string of the molecule is CCCOc1cc(N(CC)Cc2ccccc2N)ncn1. The van der Waals surface area contributed by atoms with Gasteiger partial charge in [-0.15, -0.1) is 0 Å². The van der Waals surface area contributed by atoms with Crippen LogP contribution in [0.1, 0.15) is 25.8 Å². The van der Waals surface area contributed by atoms with E-state index < -0.39 is 0 Å². The van der Waals surface area contributed by atoms with Gasteiger partial charge in [-0.1, -0.05) is 25.1 Å². The maximum atomic E-state index is 6.01. The van der Waals surface area contributed by atoms with E-state index in [1.165, 1.54) is 6.33 Å². The summed E-state index contributed by atoms with van der Waals surface area (Å²) in [4.78, 5) is 10.6. The van der Waals surface area contributed by atoms with E-state index in [1.807, 2.05) is 30.3 Å². The minimum atomic E-state index is 0.612. The van der Waals surface area contributed by atoms with E-state index in [9.17, 15) is 0 Å². The molecule has 1 aromatic heterocycles. The van der Waals surface area contributed by atoms with Crippen LogP contribution in [0.4, 0.5) is 11.5 Å². The highest BCUT2D eigenvalue weighted by Gasteiger charge is 2.10. The fraction of sp³-hybridized carbons (Fsp3) is 0.375. The van der Waals surface area contributed by atoms with Crippen molar-refractivity contribution >= 4 is 11.5 Å². The first-order valence-corrected chi connectivity index (χ1v) is 7.27. The molecule has 0 atom stereocenters. The van der Waals surface area contributed by atoms with Crippen molar-refractivity contribution in [2.75, 3.05) is 23.8 Å². The first kappa shape index (κ1) is 15.1. The maximum absolute atomic E-state index is 6.01. The zero-order valence-electron chi connectivity index (χ0n) is 12.6. The summed E-state index contributed by atoms with van der Waals surface area (Å²) in [6.45, 7) is 6.37. The van der Waals surface area contributed by atoms with Gasteiger partial charge in [-0.3, -0.25) is 0 Å². The number of nitrogens with zero attached hydrogens (tertiary/aromatic N) is 3. The summed E-state index contributed by atoms with van der Waals surface area (Å²) in [5.74, 6) is 1.46. The molecule has 1 heterocycles. The number of anilines is 2. The van der Waals surface area contributed by atoms with Gasteiger partial charge in [0.05, 0.1) is 6.61 Å². The molecule has 2 rings (SSSR count). The van der Waals surface area contributed by atoms with Gasteiger partial charge < -0.3 is 15.4 Å². The van der Waals surface area contributed by atoms with Crippen LogP contribution in [0.5, 0.6) is 5.88 Å². The van der Waals surface area contributed by atoms with Gasteiger partial charge >= 0.3 is 0 Å². The predicted octanol–water partition coefficient (Wildman–Crippen LogP) is 2.87. The molecular formula is C16H22N4O. The van der Waals surface area contributed by atoms with Crippen LogP contribution in [-0.2, 0) is 6.54 Å². The van der Waals surface area contributed by atoms with Crippen molar-refractivity contribution in [3.63, 3.8) is 0 Å². The third-order valence-electron chi connectivity index (χ3n) is 3.20. The Kier molecular flexibility index (Phi) is 5.37. The molecule has 0 saturated carbocycles. The normalized spacial score (nSPS) is 10.4. The first-order chi connectivity index (χ1) is 10.2. The van der Waals surface area contributed by atoms with Crippen LogP contribution in [0.25, 0.3) is 0 Å². The Balaban J connectivity index is 2.15. The third-order valence-corrected chi connectivity index (χ3v) is 3.20. The Labute approximate surface area is 125 Å². The lowest BCUT2D eigenvalue weighted by atomic mass is 10.1. The largest absolute Gasteiger partial charge is 0.478 e. The van der Waals surface area contributed by atoms with Crippen LogP contribution in [0.2, 0.25) is 0 Å². The Morgan fingerprint density at radius 1 is 1.19 bits per heavy atom. The van der Waals surface area contributed by atoms with Crippen LogP contribution in [-0.4, -0.2) is 23.1 Å². The molecule has 0 spiro atoms. The number of para-hydroxylation sites is 1. The zero-order chi connectivity index (χ0) is 15.1. The number of hydrogen-bond donors (Lipinski definition) is 1. The molecule has 5 nitrogen and oxygen atoms in total. The standard InChI is InChI=1S/C16H22N4O/c1-3-9-21-16-10-15(18-12-19-16)20(4-2)11-13-7-5-6-8-14(13)17/h5-8,10,12H,3-4,9,11,17H2,1-2H3. The highest BCUT2D eigenvalue weighted by atomic mass is 16.5. The molecule has 2 aromatic rings. The van der Waals surface area contributed by atoms with Crippen molar-refractivity contribution in [3.05, 3.63) is 42.2 Å². The fourth-order valence-electron chi connectivity index (χ4n) is 2.03. The second-order valence-electron chi connectivity index (χ2n) is 4.78. The van der Waals surface area contributed by atoms with Crippen molar-refractivity contribution in [2.24, 2.45) is 0 Å². The van der Waals surface area contributed by atoms with E-state index in [2.05, 4.69) is 28.7 Å². The number of hydrogen-bond acceptors (Lipinski definition) is 5. The molecule has 5 heteroatoms. The van der Waals surface area contributed by atoms with Gasteiger partial charge in [0.25, 0.3) is 0 Å². The van der Waals surface area contributed by atoms with E-state index in [0.29, 0.717) is 19.0 Å². The van der Waals surface area contributed by atoms with Gasteiger partial charge in [0.2, 0.25) is 5.88 Å². The van der Waals surface area contributed by atoms with Crippen molar-refractivity contribution in [3.8, 4) is 5.88 Å². The van der Waals surface area contributed by atoms with E-state index >= 15 is 0 Å². The molecule has 1 aromatic carbocycles. The number of ether oxygens (including phenoxy) is 1. The maximum Gasteiger partial charge on any atom is 0.218 e. The lowest BCUT2D eigenvalue weighted by Gasteiger charge is -2.23. The molecule has 0 amide bonds. The van der Waals surface area contributed by atoms with Gasteiger partial charge in [0.1, 0.15) is 12.1 Å². The molecule has 0 aliphatic carbocycles. The Morgan fingerprint density at radius 3 is 2.71 bits per heavy atom. The number of rotatable bonds is 7. The molecule has 112 valence electrons. The van der Waals surface area contributed by atoms with Crippen molar-refractivity contribution in [2.45, 2.75) is 26.8 Å². The molecule has 0 bridgehead atoms. The lowest BCUT2D eigenvalue weighted by molar-refractivity contribution is 0.304. The average Bonchev–Trinajstić information content (AvgIpc) is 2.52. The highest BCUT2D eigenvalue weighted by Crippen LogP contribution is 2.20. The fourth-order valence-corrected chi connectivity index (χ4v) is 2.03. The minimum Gasteiger partial charge on any atom is -0.478 e. The summed E-state index contributed by atoms with van der Waals surface area (Å²) in [6, 6.07) is 9.76. The number of aromatic nitrogens is 2. The Hall–Kier alpha value is -2.30. The molecule has 0 fully saturated rings. The second kappa shape index (κ2) is 7.47. The molecule has 21 heavy (non-hydrogen) atoms. The Bertz CT molecular complexity index is 574. The van der Waals surface area contributed by atoms with Gasteiger partial charge in [-0.2, -0.15) is 0 Å². The van der Waals surface area contributed by atoms with E-state index in [-0.39, 0.29) is 0 Å². The molecule has 0 saturated heterocycles. The summed E-state index contributed by atoms with van der Waals surface area (Å²) in [5.41, 5.74) is 7.90. The van der Waals surface area contributed by atoms with E-state index in [1.54, 1.807) is 0 Å². The molecule has 0 aliphatic rings. The average molecular weight is 286 g/mol. The van der Waals surface area contributed by atoms with Crippen LogP contribution in [0.3, 0.4) is 0 Å². The Morgan fingerprint density at radius 2 is 2.00 bits per heavy atom. The van der Waals surface area contributed by atoms with Crippen LogP contribution >= 0.6 is 0 Å². The predicted molar refractivity (Wildman–Crippen MR) is 85.4 cm³/mol. The van der Waals surface area contributed by atoms with Crippen molar-refractivity contribution in [1.29, 1.82) is 0 Å². The summed E-state index contributed by atoms with van der Waals surface area (Å²) in [7, 11) is 0.